The molecule has 2 aliphatic rings. The lowest BCUT2D eigenvalue weighted by molar-refractivity contribution is -0.121. The average molecular weight is 799 g/mol. The van der Waals surface area contributed by atoms with E-state index in [0.717, 1.165) is 25.0 Å². The van der Waals surface area contributed by atoms with Crippen LogP contribution in [0.4, 0.5) is 10.5 Å². The summed E-state index contributed by atoms with van der Waals surface area (Å²) in [6, 6.07) is 3.77. The van der Waals surface area contributed by atoms with Gasteiger partial charge >= 0.3 is 6.03 Å². The molecule has 4 N–H and O–H groups in total. The van der Waals surface area contributed by atoms with Crippen molar-refractivity contribution in [1.82, 2.24) is 20.9 Å². The Balaban J connectivity index is 0.931. The molecule has 20 heteroatoms. The van der Waals surface area contributed by atoms with Crippen molar-refractivity contribution in [3.05, 3.63) is 34.5 Å². The molecule has 2 fully saturated rings. The molecule has 0 saturated carbocycles. The molecule has 310 valence electrons. The molecule has 2 saturated heterocycles. The van der Waals surface area contributed by atoms with Crippen molar-refractivity contribution in [2.24, 2.45) is 5.11 Å². The Morgan fingerprint density at radius 1 is 0.764 bits per heavy atom. The predicted molar refractivity (Wildman–Crippen MR) is 204 cm³/mol. The third kappa shape index (κ3) is 22.8. The summed E-state index contributed by atoms with van der Waals surface area (Å²) < 4.78 is 43.8. The third-order valence-electron chi connectivity index (χ3n) is 8.13. The van der Waals surface area contributed by atoms with Crippen LogP contribution in [0, 0.1) is 0 Å². The Bertz CT molecular complexity index is 1250. The highest BCUT2D eigenvalue weighted by Crippen LogP contribution is 2.33. The van der Waals surface area contributed by atoms with Gasteiger partial charge in [-0.1, -0.05) is 11.5 Å². The number of hydrogen-bond acceptors (Lipinski definition) is 14. The summed E-state index contributed by atoms with van der Waals surface area (Å²) in [5.74, 6) is 0.802. The maximum absolute atomic E-state index is 12.0. The van der Waals surface area contributed by atoms with Crippen LogP contribution in [-0.4, -0.2) is 158 Å². The van der Waals surface area contributed by atoms with Crippen LogP contribution in [0.1, 0.15) is 37.8 Å². The van der Waals surface area contributed by atoms with Gasteiger partial charge in [-0.15, -0.1) is 0 Å². The second-order valence-corrected chi connectivity index (χ2v) is 13.6. The van der Waals surface area contributed by atoms with Crippen LogP contribution in [-0.2, 0) is 54.0 Å². The fourth-order valence-corrected chi connectivity index (χ4v) is 6.89. The first-order valence-electron chi connectivity index (χ1n) is 18.9. The van der Waals surface area contributed by atoms with Crippen LogP contribution < -0.4 is 21.3 Å². The molecule has 19 nitrogen and oxygen atoms in total. The van der Waals surface area contributed by atoms with E-state index in [0.29, 0.717) is 129 Å². The van der Waals surface area contributed by atoms with Gasteiger partial charge in [0, 0.05) is 34.6 Å². The quantitative estimate of drug-likeness (QED) is 0.0254. The van der Waals surface area contributed by atoms with Gasteiger partial charge in [0.2, 0.25) is 11.8 Å². The molecule has 0 spiro atoms. The first kappa shape index (κ1) is 46.1. The molecule has 0 aliphatic carbocycles. The molecule has 0 radical (unpaired) electrons. The van der Waals surface area contributed by atoms with Crippen molar-refractivity contribution in [3.63, 3.8) is 0 Å². The van der Waals surface area contributed by atoms with E-state index >= 15 is 0 Å². The van der Waals surface area contributed by atoms with Crippen LogP contribution in [0.5, 0.6) is 0 Å². The van der Waals surface area contributed by atoms with Crippen molar-refractivity contribution in [2.45, 2.75) is 56.0 Å². The molecule has 3 rings (SSSR count). The summed E-state index contributed by atoms with van der Waals surface area (Å²) >= 11 is 1.90. The number of unbranched alkanes of at least 4 members (excludes halogenated alkanes) is 1. The largest absolute Gasteiger partial charge is 0.379 e. The molecule has 0 bridgehead atoms. The Labute approximate surface area is 326 Å². The number of urea groups is 1. The Morgan fingerprint density at radius 3 is 1.87 bits per heavy atom. The normalized spacial score (nSPS) is 17.3. The van der Waals surface area contributed by atoms with E-state index in [1.807, 2.05) is 11.8 Å². The second kappa shape index (κ2) is 30.9. The maximum Gasteiger partial charge on any atom is 0.315 e. The van der Waals surface area contributed by atoms with Gasteiger partial charge in [-0.2, -0.15) is 11.8 Å². The summed E-state index contributed by atoms with van der Waals surface area (Å²) in [4.78, 5) is 42.3. The number of azide groups is 1. The lowest BCUT2D eigenvalue weighted by Crippen LogP contribution is -2.36. The van der Waals surface area contributed by atoms with Gasteiger partial charge in [0.1, 0.15) is 0 Å². The number of thioether (sulfide) groups is 1. The summed E-state index contributed by atoms with van der Waals surface area (Å²) in [6.07, 6.45) is 5.02. The Kier molecular flexibility index (Phi) is 25.9. The van der Waals surface area contributed by atoms with E-state index < -0.39 is 0 Å². The SMILES string of the molecule is [N-]=[N+]=NCc1ccc(NC(=O)CCOCCOCCOCCOCCOCCOCCOCCOCCNC(=O)CCCC[C@@H]2SC[C@@H]3NC(=O)N[C@@H]32)cn1. The molecule has 0 unspecified atom stereocenters. The zero-order valence-electron chi connectivity index (χ0n) is 31.6. The van der Waals surface area contributed by atoms with Gasteiger partial charge < -0.3 is 59.2 Å². The molecule has 2 aliphatic heterocycles. The topological polar surface area (TPSA) is 235 Å². The highest BCUT2D eigenvalue weighted by Gasteiger charge is 2.42. The zero-order valence-corrected chi connectivity index (χ0v) is 32.4. The van der Waals surface area contributed by atoms with Gasteiger partial charge in [-0.05, 0) is 30.5 Å². The zero-order chi connectivity index (χ0) is 39.0. The molecule has 4 amide bonds. The summed E-state index contributed by atoms with van der Waals surface area (Å²) in [5, 5.41) is 15.4. The van der Waals surface area contributed by atoms with Crippen LogP contribution in [0.2, 0.25) is 0 Å². The number of rotatable bonds is 35. The van der Waals surface area contributed by atoms with Gasteiger partial charge in [0.15, 0.2) is 0 Å². The van der Waals surface area contributed by atoms with Gasteiger partial charge in [-0.25, -0.2) is 4.79 Å². The number of nitrogens with one attached hydrogen (secondary N) is 4. The van der Waals surface area contributed by atoms with Crippen LogP contribution >= 0.6 is 11.8 Å². The molecular weight excluding hydrogens is 740 g/mol. The standard InChI is InChI=1S/C35H58N8O11S/c36-43-39-26-28-5-6-29(25-38-28)40-33(45)7-9-47-11-13-49-15-17-51-19-21-53-23-24-54-22-20-52-18-16-50-14-12-48-10-8-37-32(44)4-2-1-3-31-34-30(27-55-31)41-35(46)42-34/h5-6,25,30-31,34H,1-4,7-24,26-27H2,(H,37,44)(H,40,45)(H2,41,42,46)/t30-,31-,34-/m0/s1. The van der Waals surface area contributed by atoms with Gasteiger partial charge in [0.25, 0.3) is 0 Å². The van der Waals surface area contributed by atoms with Crippen LogP contribution in [0.3, 0.4) is 0 Å². The number of pyridine rings is 1. The first-order chi connectivity index (χ1) is 27.0. The van der Waals surface area contributed by atoms with E-state index in [1.54, 1.807) is 12.1 Å². The molecule has 55 heavy (non-hydrogen) atoms. The molecule has 1 aromatic rings. The van der Waals surface area contributed by atoms with Crippen molar-refractivity contribution in [1.29, 1.82) is 0 Å². The van der Waals surface area contributed by atoms with Crippen LogP contribution in [0.25, 0.3) is 10.4 Å². The van der Waals surface area contributed by atoms with E-state index in [1.165, 1.54) is 6.20 Å². The van der Waals surface area contributed by atoms with E-state index in [9.17, 15) is 14.4 Å². The highest BCUT2D eigenvalue weighted by molar-refractivity contribution is 8.00. The molecule has 3 atom stereocenters. The minimum absolute atomic E-state index is 0.0355. The number of aromatic nitrogens is 1. The highest BCUT2D eigenvalue weighted by atomic mass is 32.2. The number of hydrogen-bond donors (Lipinski definition) is 4. The van der Waals surface area contributed by atoms with Crippen molar-refractivity contribution >= 4 is 35.3 Å². The minimum Gasteiger partial charge on any atom is -0.379 e. The van der Waals surface area contributed by atoms with E-state index in [-0.39, 0.29) is 49.5 Å². The number of anilines is 1. The second-order valence-electron chi connectivity index (χ2n) is 12.3. The first-order valence-corrected chi connectivity index (χ1v) is 19.9. The fourth-order valence-electron chi connectivity index (χ4n) is 5.35. The lowest BCUT2D eigenvalue weighted by atomic mass is 10.0. The van der Waals surface area contributed by atoms with Crippen molar-refractivity contribution in [3.8, 4) is 0 Å². The maximum atomic E-state index is 12.0. The number of fused-ring (bicyclic) bond motifs is 1. The lowest BCUT2D eigenvalue weighted by Gasteiger charge is -2.16. The smallest absolute Gasteiger partial charge is 0.315 e. The molecule has 0 aromatic carbocycles. The predicted octanol–water partition coefficient (Wildman–Crippen LogP) is 2.20. The van der Waals surface area contributed by atoms with Crippen LogP contribution in [0.15, 0.2) is 23.4 Å². The number of ether oxygens (including phenoxy) is 8. The Morgan fingerprint density at radius 2 is 1.33 bits per heavy atom. The van der Waals surface area contributed by atoms with Gasteiger partial charge in [0.05, 0.1) is 143 Å². The van der Waals surface area contributed by atoms with Crippen molar-refractivity contribution in [2.75, 3.05) is 123 Å². The molecule has 1 aromatic heterocycles. The number of carbonyl (C=O) groups excluding carboxylic acids is 3. The van der Waals surface area contributed by atoms with Gasteiger partial charge in [-0.3, -0.25) is 14.6 Å². The van der Waals surface area contributed by atoms with Crippen molar-refractivity contribution < 1.29 is 52.3 Å². The number of nitrogens with zero attached hydrogens (tertiary/aromatic N) is 4. The molecular formula is C35H58N8O11S. The molecule has 3 heterocycles. The third-order valence-corrected chi connectivity index (χ3v) is 9.64. The summed E-state index contributed by atoms with van der Waals surface area (Å²) in [5.41, 5.74) is 9.52. The number of amides is 4. The summed E-state index contributed by atoms with van der Waals surface area (Å²) in [6.45, 7) is 7.60. The summed E-state index contributed by atoms with van der Waals surface area (Å²) in [7, 11) is 0. The van der Waals surface area contributed by atoms with E-state index in [2.05, 4.69) is 36.3 Å². The monoisotopic (exact) mass is 798 g/mol. The fraction of sp³-hybridized carbons (Fsp3) is 0.771. The Hall–Kier alpha value is -3.30. The van der Waals surface area contributed by atoms with E-state index in [4.69, 9.17) is 43.4 Å². The average Bonchev–Trinajstić information content (AvgIpc) is 3.74. The number of carbonyl (C=O) groups is 3. The minimum atomic E-state index is -0.188.